The van der Waals surface area contributed by atoms with Crippen LogP contribution in [0.4, 0.5) is 11.4 Å². The Bertz CT molecular complexity index is 623. The molecule has 20 heavy (non-hydrogen) atoms. The Morgan fingerprint density at radius 2 is 2.05 bits per heavy atom. The summed E-state index contributed by atoms with van der Waals surface area (Å²) in [6, 6.07) is 5.91. The Kier molecular flexibility index (Phi) is 4.20. The first-order valence-electron chi connectivity index (χ1n) is 6.56. The SMILES string of the molecule is CN(C)C(C)(C)CNc1ccc(N)c2cc(Br)cnc12. The van der Waals surface area contributed by atoms with Gasteiger partial charge in [0.25, 0.3) is 0 Å². The van der Waals surface area contributed by atoms with Crippen LogP contribution in [-0.2, 0) is 0 Å². The normalized spacial score (nSPS) is 12.1. The van der Waals surface area contributed by atoms with Gasteiger partial charge in [0, 0.05) is 33.8 Å². The number of hydrogen-bond acceptors (Lipinski definition) is 4. The minimum absolute atomic E-state index is 0.0586. The quantitative estimate of drug-likeness (QED) is 0.841. The summed E-state index contributed by atoms with van der Waals surface area (Å²) >= 11 is 3.44. The maximum Gasteiger partial charge on any atom is 0.0954 e. The number of rotatable bonds is 4. The molecule has 0 fully saturated rings. The molecule has 4 nitrogen and oxygen atoms in total. The second-order valence-electron chi connectivity index (χ2n) is 5.81. The molecule has 1 heterocycles. The number of likely N-dealkylation sites (N-methyl/N-ethyl adjacent to an activating group) is 1. The molecule has 0 saturated carbocycles. The van der Waals surface area contributed by atoms with Gasteiger partial charge in [0.15, 0.2) is 0 Å². The van der Waals surface area contributed by atoms with E-state index in [1.165, 1.54) is 0 Å². The summed E-state index contributed by atoms with van der Waals surface area (Å²) in [6.45, 7) is 5.23. The van der Waals surface area contributed by atoms with Gasteiger partial charge in [0.2, 0.25) is 0 Å². The van der Waals surface area contributed by atoms with Crippen LogP contribution in [0.15, 0.2) is 28.9 Å². The maximum absolute atomic E-state index is 6.03. The second-order valence-corrected chi connectivity index (χ2v) is 6.73. The number of anilines is 2. The smallest absolute Gasteiger partial charge is 0.0954 e. The van der Waals surface area contributed by atoms with Crippen molar-refractivity contribution in [3.05, 3.63) is 28.9 Å². The fourth-order valence-corrected chi connectivity index (χ4v) is 2.16. The first kappa shape index (κ1) is 15.1. The van der Waals surface area contributed by atoms with E-state index in [2.05, 4.69) is 59.1 Å². The number of nitrogens with one attached hydrogen (secondary N) is 1. The number of halogens is 1. The number of pyridine rings is 1. The number of nitrogen functional groups attached to an aromatic ring is 1. The van der Waals surface area contributed by atoms with E-state index >= 15 is 0 Å². The summed E-state index contributed by atoms with van der Waals surface area (Å²) in [5.41, 5.74) is 8.74. The van der Waals surface area contributed by atoms with Crippen LogP contribution in [0.3, 0.4) is 0 Å². The van der Waals surface area contributed by atoms with Gasteiger partial charge in [-0.25, -0.2) is 0 Å². The highest BCUT2D eigenvalue weighted by atomic mass is 79.9. The van der Waals surface area contributed by atoms with Gasteiger partial charge in [0.05, 0.1) is 11.2 Å². The van der Waals surface area contributed by atoms with Crippen LogP contribution in [0.25, 0.3) is 10.9 Å². The van der Waals surface area contributed by atoms with E-state index < -0.39 is 0 Å². The first-order chi connectivity index (χ1) is 9.31. The van der Waals surface area contributed by atoms with Crippen molar-refractivity contribution in [3.63, 3.8) is 0 Å². The monoisotopic (exact) mass is 336 g/mol. The molecule has 0 saturated heterocycles. The number of aromatic nitrogens is 1. The number of nitrogens with zero attached hydrogens (tertiary/aromatic N) is 2. The van der Waals surface area contributed by atoms with Gasteiger partial charge < -0.3 is 16.0 Å². The molecule has 2 aromatic rings. The predicted octanol–water partition coefficient (Wildman–Crippen LogP) is 3.33. The Morgan fingerprint density at radius 3 is 2.70 bits per heavy atom. The van der Waals surface area contributed by atoms with Crippen molar-refractivity contribution < 1.29 is 0 Å². The van der Waals surface area contributed by atoms with E-state index in [0.717, 1.165) is 33.3 Å². The summed E-state index contributed by atoms with van der Waals surface area (Å²) in [4.78, 5) is 6.68. The van der Waals surface area contributed by atoms with E-state index in [1.807, 2.05) is 18.2 Å². The van der Waals surface area contributed by atoms with E-state index in [1.54, 1.807) is 6.20 Å². The number of benzene rings is 1. The molecule has 0 spiro atoms. The molecule has 0 atom stereocenters. The predicted molar refractivity (Wildman–Crippen MR) is 90.1 cm³/mol. The summed E-state index contributed by atoms with van der Waals surface area (Å²) in [5, 5.41) is 4.45. The summed E-state index contributed by atoms with van der Waals surface area (Å²) in [6.07, 6.45) is 1.80. The highest BCUT2D eigenvalue weighted by Gasteiger charge is 2.20. The first-order valence-corrected chi connectivity index (χ1v) is 7.35. The minimum atomic E-state index is 0.0586. The Balaban J connectivity index is 2.34. The molecule has 0 aliphatic heterocycles. The van der Waals surface area contributed by atoms with Crippen molar-refractivity contribution in [2.75, 3.05) is 31.7 Å². The molecule has 5 heteroatoms. The standard InChI is InChI=1S/C15H21BrN4/c1-15(2,20(3)4)9-19-13-6-5-12(17)11-7-10(16)8-18-14(11)13/h5-8,19H,9,17H2,1-4H3. The van der Waals surface area contributed by atoms with Crippen LogP contribution in [0.5, 0.6) is 0 Å². The fourth-order valence-electron chi connectivity index (χ4n) is 1.83. The molecular formula is C15H21BrN4. The molecule has 0 aliphatic rings. The van der Waals surface area contributed by atoms with Crippen molar-refractivity contribution >= 4 is 38.2 Å². The summed E-state index contributed by atoms with van der Waals surface area (Å²) in [5.74, 6) is 0. The number of fused-ring (bicyclic) bond motifs is 1. The molecular weight excluding hydrogens is 316 g/mol. The average molecular weight is 337 g/mol. The van der Waals surface area contributed by atoms with Gasteiger partial charge in [-0.05, 0) is 62.1 Å². The molecule has 1 aromatic heterocycles. The number of nitrogens with two attached hydrogens (primary N) is 1. The third-order valence-corrected chi connectivity index (χ3v) is 4.21. The number of hydrogen-bond donors (Lipinski definition) is 2. The fraction of sp³-hybridized carbons (Fsp3) is 0.400. The molecule has 0 radical (unpaired) electrons. The van der Waals surface area contributed by atoms with Gasteiger partial charge in [0.1, 0.15) is 0 Å². The van der Waals surface area contributed by atoms with Crippen LogP contribution in [0.2, 0.25) is 0 Å². The molecule has 0 bridgehead atoms. The van der Waals surface area contributed by atoms with Crippen LogP contribution < -0.4 is 11.1 Å². The van der Waals surface area contributed by atoms with Crippen molar-refractivity contribution in [3.8, 4) is 0 Å². The van der Waals surface area contributed by atoms with Gasteiger partial charge >= 0.3 is 0 Å². The molecule has 3 N–H and O–H groups in total. The minimum Gasteiger partial charge on any atom is -0.398 e. The van der Waals surface area contributed by atoms with E-state index in [0.29, 0.717) is 0 Å². The van der Waals surface area contributed by atoms with Crippen LogP contribution in [0.1, 0.15) is 13.8 Å². The highest BCUT2D eigenvalue weighted by Crippen LogP contribution is 2.29. The zero-order valence-corrected chi connectivity index (χ0v) is 14.0. The lowest BCUT2D eigenvalue weighted by molar-refractivity contribution is 0.210. The van der Waals surface area contributed by atoms with E-state index in [-0.39, 0.29) is 5.54 Å². The third kappa shape index (κ3) is 3.04. The lowest BCUT2D eigenvalue weighted by atomic mass is 10.0. The highest BCUT2D eigenvalue weighted by molar-refractivity contribution is 9.10. The Labute approximate surface area is 128 Å². The molecule has 0 unspecified atom stereocenters. The zero-order chi connectivity index (χ0) is 14.9. The van der Waals surface area contributed by atoms with Gasteiger partial charge in [-0.2, -0.15) is 0 Å². The van der Waals surface area contributed by atoms with Crippen LogP contribution >= 0.6 is 15.9 Å². The van der Waals surface area contributed by atoms with Crippen molar-refractivity contribution in [2.45, 2.75) is 19.4 Å². The molecule has 108 valence electrons. The Morgan fingerprint density at radius 1 is 1.35 bits per heavy atom. The lowest BCUT2D eigenvalue weighted by Gasteiger charge is -2.33. The average Bonchev–Trinajstić information content (AvgIpc) is 2.38. The van der Waals surface area contributed by atoms with Crippen molar-refractivity contribution in [1.29, 1.82) is 0 Å². The third-order valence-electron chi connectivity index (χ3n) is 3.77. The molecule has 2 rings (SSSR count). The largest absolute Gasteiger partial charge is 0.398 e. The van der Waals surface area contributed by atoms with Crippen LogP contribution in [0, 0.1) is 0 Å². The second kappa shape index (κ2) is 5.58. The van der Waals surface area contributed by atoms with Gasteiger partial charge in [-0.3, -0.25) is 4.98 Å². The topological polar surface area (TPSA) is 54.2 Å². The summed E-state index contributed by atoms with van der Waals surface area (Å²) in [7, 11) is 4.16. The molecule has 0 amide bonds. The van der Waals surface area contributed by atoms with E-state index in [4.69, 9.17) is 5.73 Å². The zero-order valence-electron chi connectivity index (χ0n) is 12.4. The van der Waals surface area contributed by atoms with Gasteiger partial charge in [-0.1, -0.05) is 0 Å². The summed E-state index contributed by atoms with van der Waals surface area (Å²) < 4.78 is 0.933. The lowest BCUT2D eigenvalue weighted by Crippen LogP contribution is -2.44. The molecule has 1 aromatic carbocycles. The maximum atomic E-state index is 6.03. The van der Waals surface area contributed by atoms with Crippen molar-refractivity contribution in [2.24, 2.45) is 0 Å². The van der Waals surface area contributed by atoms with Crippen LogP contribution in [-0.4, -0.2) is 36.1 Å². The van der Waals surface area contributed by atoms with Gasteiger partial charge in [-0.15, -0.1) is 0 Å². The molecule has 0 aliphatic carbocycles. The van der Waals surface area contributed by atoms with E-state index in [9.17, 15) is 0 Å². The van der Waals surface area contributed by atoms with Crippen molar-refractivity contribution in [1.82, 2.24) is 9.88 Å². The Hall–Kier alpha value is -1.33.